The molecule has 0 aromatic carbocycles. The summed E-state index contributed by atoms with van der Waals surface area (Å²) in [7, 11) is 0. The Bertz CT molecular complexity index is 497. The van der Waals surface area contributed by atoms with E-state index in [4.69, 9.17) is 4.74 Å². The van der Waals surface area contributed by atoms with Gasteiger partial charge in [-0.1, -0.05) is 13.8 Å². The van der Waals surface area contributed by atoms with E-state index < -0.39 is 0 Å². The molecular weight excluding hydrogens is 288 g/mol. The van der Waals surface area contributed by atoms with Crippen LogP contribution in [-0.4, -0.2) is 31.6 Å². The fraction of sp³-hybridized carbons (Fsp3) is 0.600. The van der Waals surface area contributed by atoms with E-state index in [9.17, 15) is 9.59 Å². The molecule has 0 aliphatic carbocycles. The number of carbonyl (C=O) groups excluding carboxylic acids is 2. The molecule has 118 valence electrons. The first kappa shape index (κ1) is 17.7. The lowest BCUT2D eigenvalue weighted by molar-refractivity contribution is -0.115. The molecule has 0 spiro atoms. The minimum atomic E-state index is -0.365. The Balaban J connectivity index is 2.90. The number of carbonyl (C=O) groups is 2. The van der Waals surface area contributed by atoms with Gasteiger partial charge in [-0.3, -0.25) is 4.79 Å². The zero-order chi connectivity index (χ0) is 15.8. The van der Waals surface area contributed by atoms with Crippen LogP contribution < -0.4 is 10.6 Å². The highest BCUT2D eigenvalue weighted by Crippen LogP contribution is 2.34. The minimum absolute atomic E-state index is 0.141. The maximum Gasteiger partial charge on any atom is 0.341 e. The van der Waals surface area contributed by atoms with Gasteiger partial charge < -0.3 is 15.4 Å². The largest absolute Gasteiger partial charge is 0.462 e. The smallest absolute Gasteiger partial charge is 0.341 e. The molecule has 0 saturated heterocycles. The Kier molecular flexibility index (Phi) is 7.39. The van der Waals surface area contributed by atoms with Crippen molar-refractivity contribution in [3.8, 4) is 0 Å². The van der Waals surface area contributed by atoms with Gasteiger partial charge in [-0.25, -0.2) is 4.79 Å². The summed E-state index contributed by atoms with van der Waals surface area (Å²) in [4.78, 5) is 25.1. The van der Waals surface area contributed by atoms with Crippen molar-refractivity contribution in [1.29, 1.82) is 0 Å². The topological polar surface area (TPSA) is 67.4 Å². The third kappa shape index (κ3) is 4.82. The van der Waals surface area contributed by atoms with Crippen molar-refractivity contribution in [1.82, 2.24) is 5.32 Å². The Morgan fingerprint density at radius 3 is 2.52 bits per heavy atom. The van der Waals surface area contributed by atoms with Gasteiger partial charge in [-0.15, -0.1) is 11.3 Å². The van der Waals surface area contributed by atoms with Crippen LogP contribution >= 0.6 is 11.3 Å². The monoisotopic (exact) mass is 312 g/mol. The standard InChI is InChI=1S/C15H24N2O3S/c1-5-8-16-9-12(18)17-14-13(15(19)20-7-3)11(6-2)10(4)21-14/h16H,5-9H2,1-4H3,(H,17,18). The normalized spacial score (nSPS) is 10.5. The number of rotatable bonds is 8. The highest BCUT2D eigenvalue weighted by Gasteiger charge is 2.23. The number of nitrogens with one attached hydrogen (secondary N) is 2. The first-order valence-electron chi connectivity index (χ1n) is 7.34. The molecule has 1 aromatic heterocycles. The molecule has 1 heterocycles. The minimum Gasteiger partial charge on any atom is -0.462 e. The maximum absolute atomic E-state index is 12.1. The molecule has 21 heavy (non-hydrogen) atoms. The second-order valence-electron chi connectivity index (χ2n) is 4.64. The van der Waals surface area contributed by atoms with Crippen LogP contribution in [0.15, 0.2) is 0 Å². The van der Waals surface area contributed by atoms with Crippen LogP contribution in [0, 0.1) is 6.92 Å². The first-order chi connectivity index (χ1) is 10.0. The number of aryl methyl sites for hydroxylation is 1. The van der Waals surface area contributed by atoms with E-state index in [2.05, 4.69) is 10.6 Å². The molecule has 0 radical (unpaired) electrons. The third-order valence-corrected chi connectivity index (χ3v) is 4.07. The van der Waals surface area contributed by atoms with Crippen LogP contribution in [0.5, 0.6) is 0 Å². The van der Waals surface area contributed by atoms with E-state index in [1.165, 1.54) is 11.3 Å². The van der Waals surface area contributed by atoms with Gasteiger partial charge in [0.15, 0.2) is 0 Å². The molecule has 1 aromatic rings. The SMILES string of the molecule is CCCNCC(=O)Nc1sc(C)c(CC)c1C(=O)OCC. The second kappa shape index (κ2) is 8.79. The number of amides is 1. The van der Waals surface area contributed by atoms with Crippen molar-refractivity contribution in [2.24, 2.45) is 0 Å². The Hall–Kier alpha value is -1.40. The summed E-state index contributed by atoms with van der Waals surface area (Å²) in [5.41, 5.74) is 1.46. The van der Waals surface area contributed by atoms with Gasteiger partial charge in [0.25, 0.3) is 0 Å². The predicted octanol–water partition coefficient (Wildman–Crippen LogP) is 2.73. The van der Waals surface area contributed by atoms with E-state index in [-0.39, 0.29) is 18.4 Å². The lowest BCUT2D eigenvalue weighted by Gasteiger charge is -2.08. The zero-order valence-corrected chi connectivity index (χ0v) is 14.0. The fourth-order valence-corrected chi connectivity index (χ4v) is 3.21. The molecule has 5 nitrogen and oxygen atoms in total. The number of hydrogen-bond acceptors (Lipinski definition) is 5. The summed E-state index contributed by atoms with van der Waals surface area (Å²) in [5, 5.41) is 6.45. The van der Waals surface area contributed by atoms with Gasteiger partial charge in [-0.05, 0) is 38.8 Å². The fourth-order valence-electron chi connectivity index (χ4n) is 2.06. The summed E-state index contributed by atoms with van der Waals surface area (Å²) in [5.74, 6) is -0.506. The van der Waals surface area contributed by atoms with Crippen molar-refractivity contribution >= 4 is 28.2 Å². The summed E-state index contributed by atoms with van der Waals surface area (Å²) >= 11 is 1.43. The van der Waals surface area contributed by atoms with Gasteiger partial charge in [-0.2, -0.15) is 0 Å². The average Bonchev–Trinajstić information content (AvgIpc) is 2.74. The molecule has 0 fully saturated rings. The van der Waals surface area contributed by atoms with Crippen LogP contribution in [-0.2, 0) is 16.0 Å². The molecular formula is C15H24N2O3S. The van der Waals surface area contributed by atoms with E-state index in [0.717, 1.165) is 29.8 Å². The first-order valence-corrected chi connectivity index (χ1v) is 8.16. The molecule has 0 bridgehead atoms. The second-order valence-corrected chi connectivity index (χ2v) is 5.86. The molecule has 0 aliphatic heterocycles. The Morgan fingerprint density at radius 2 is 1.95 bits per heavy atom. The summed E-state index contributed by atoms with van der Waals surface area (Å²) in [6, 6.07) is 0. The highest BCUT2D eigenvalue weighted by molar-refractivity contribution is 7.16. The van der Waals surface area contributed by atoms with Crippen LogP contribution in [0.3, 0.4) is 0 Å². The van der Waals surface area contributed by atoms with Crippen molar-refractivity contribution in [3.05, 3.63) is 16.0 Å². The van der Waals surface area contributed by atoms with Gasteiger partial charge in [0.2, 0.25) is 5.91 Å². The average molecular weight is 312 g/mol. The van der Waals surface area contributed by atoms with Crippen LogP contribution in [0.4, 0.5) is 5.00 Å². The van der Waals surface area contributed by atoms with Gasteiger partial charge >= 0.3 is 5.97 Å². The molecule has 2 N–H and O–H groups in total. The lowest BCUT2D eigenvalue weighted by atomic mass is 10.1. The molecule has 0 atom stereocenters. The molecule has 1 amide bonds. The van der Waals surface area contributed by atoms with E-state index in [1.807, 2.05) is 20.8 Å². The van der Waals surface area contributed by atoms with Crippen LogP contribution in [0.25, 0.3) is 0 Å². The van der Waals surface area contributed by atoms with Crippen LogP contribution in [0.2, 0.25) is 0 Å². The van der Waals surface area contributed by atoms with Crippen molar-refractivity contribution in [2.45, 2.75) is 40.5 Å². The van der Waals surface area contributed by atoms with Gasteiger partial charge in [0.1, 0.15) is 5.00 Å². The molecule has 6 heteroatoms. The Morgan fingerprint density at radius 1 is 1.24 bits per heavy atom. The van der Waals surface area contributed by atoms with Gasteiger partial charge in [0, 0.05) is 4.88 Å². The van der Waals surface area contributed by atoms with Crippen LogP contribution in [0.1, 0.15) is 48.0 Å². The summed E-state index contributed by atoms with van der Waals surface area (Å²) < 4.78 is 5.11. The summed E-state index contributed by atoms with van der Waals surface area (Å²) in [6.45, 7) is 9.12. The van der Waals surface area contributed by atoms with Crippen molar-refractivity contribution in [2.75, 3.05) is 25.0 Å². The maximum atomic E-state index is 12.1. The molecule has 0 aliphatic rings. The zero-order valence-electron chi connectivity index (χ0n) is 13.2. The number of ether oxygens (including phenoxy) is 1. The molecule has 0 saturated carbocycles. The third-order valence-electron chi connectivity index (χ3n) is 3.01. The van der Waals surface area contributed by atoms with Crippen molar-refractivity contribution in [3.63, 3.8) is 0 Å². The molecule has 1 rings (SSSR count). The number of esters is 1. The highest BCUT2D eigenvalue weighted by atomic mass is 32.1. The number of hydrogen-bond donors (Lipinski definition) is 2. The van der Waals surface area contributed by atoms with E-state index in [1.54, 1.807) is 6.92 Å². The van der Waals surface area contributed by atoms with E-state index >= 15 is 0 Å². The molecule has 0 unspecified atom stereocenters. The number of thiophene rings is 1. The van der Waals surface area contributed by atoms with Gasteiger partial charge in [0.05, 0.1) is 18.7 Å². The Labute approximate surface area is 130 Å². The summed E-state index contributed by atoms with van der Waals surface area (Å²) in [6.07, 6.45) is 1.71. The van der Waals surface area contributed by atoms with Crippen molar-refractivity contribution < 1.29 is 14.3 Å². The lowest BCUT2D eigenvalue weighted by Crippen LogP contribution is -2.28. The quantitative estimate of drug-likeness (QED) is 0.572. The number of anilines is 1. The predicted molar refractivity (Wildman–Crippen MR) is 86.2 cm³/mol. The van der Waals surface area contributed by atoms with E-state index in [0.29, 0.717) is 17.2 Å².